The van der Waals surface area contributed by atoms with Crippen LogP contribution < -0.4 is 4.74 Å². The molecular weight excluding hydrogens is 410 g/mol. The van der Waals surface area contributed by atoms with Crippen molar-refractivity contribution in [1.82, 2.24) is 4.90 Å². The Labute approximate surface area is 187 Å². The molecule has 0 aliphatic carbocycles. The van der Waals surface area contributed by atoms with Crippen LogP contribution in [0.3, 0.4) is 0 Å². The third kappa shape index (κ3) is 4.17. The molecule has 1 aromatic heterocycles. The molecule has 0 bridgehead atoms. The van der Waals surface area contributed by atoms with E-state index in [2.05, 4.69) is 0 Å². The van der Waals surface area contributed by atoms with Gasteiger partial charge in [-0.1, -0.05) is 6.92 Å². The van der Waals surface area contributed by atoms with Crippen LogP contribution in [0.2, 0.25) is 0 Å². The summed E-state index contributed by atoms with van der Waals surface area (Å²) in [6.45, 7) is 7.22. The van der Waals surface area contributed by atoms with Gasteiger partial charge in [-0.25, -0.2) is 0 Å². The van der Waals surface area contributed by atoms with Gasteiger partial charge in [-0.05, 0) is 69.0 Å². The number of nitrogens with zero attached hydrogens (tertiary/aromatic N) is 1. The van der Waals surface area contributed by atoms with Crippen molar-refractivity contribution in [2.24, 2.45) is 0 Å². The van der Waals surface area contributed by atoms with Gasteiger partial charge in [0.05, 0.1) is 18.3 Å². The average molecular weight is 440 g/mol. The summed E-state index contributed by atoms with van der Waals surface area (Å²) in [6, 6.07) is 7.96. The number of likely N-dealkylation sites (tertiary alicyclic amines) is 1. The molecule has 2 aliphatic heterocycles. The van der Waals surface area contributed by atoms with Crippen molar-refractivity contribution in [3.63, 3.8) is 0 Å². The van der Waals surface area contributed by atoms with Gasteiger partial charge in [0.25, 0.3) is 11.7 Å². The fraction of sp³-hybridized carbons (Fsp3) is 0.440. The maximum Gasteiger partial charge on any atom is 0.295 e. The van der Waals surface area contributed by atoms with Crippen LogP contribution in [-0.4, -0.2) is 47.6 Å². The molecule has 1 N–H and O–H groups in total. The third-order valence-corrected chi connectivity index (χ3v) is 5.90. The minimum absolute atomic E-state index is 0.0315. The van der Waals surface area contributed by atoms with Crippen molar-refractivity contribution in [1.29, 1.82) is 0 Å². The number of amides is 1. The molecule has 2 saturated heterocycles. The quantitative estimate of drug-likeness (QED) is 0.393. The Bertz CT molecular complexity index is 1050. The van der Waals surface area contributed by atoms with Gasteiger partial charge in [0.2, 0.25) is 0 Å². The van der Waals surface area contributed by atoms with Crippen molar-refractivity contribution in [3.05, 3.63) is 58.6 Å². The molecule has 4 rings (SSSR count). The van der Waals surface area contributed by atoms with Crippen molar-refractivity contribution < 1.29 is 28.6 Å². The van der Waals surface area contributed by atoms with Crippen molar-refractivity contribution in [3.8, 4) is 5.75 Å². The predicted octanol–water partition coefficient (Wildman–Crippen LogP) is 4.29. The number of aliphatic hydroxyl groups is 1. The van der Waals surface area contributed by atoms with Gasteiger partial charge in [0.1, 0.15) is 29.1 Å². The summed E-state index contributed by atoms with van der Waals surface area (Å²) in [5.74, 6) is 0.240. The zero-order valence-electron chi connectivity index (χ0n) is 18.7. The van der Waals surface area contributed by atoms with E-state index in [1.807, 2.05) is 13.8 Å². The molecular formula is C25H29NO6. The molecule has 0 saturated carbocycles. The fourth-order valence-corrected chi connectivity index (χ4v) is 4.30. The molecule has 3 heterocycles. The Hall–Kier alpha value is -3.06. The van der Waals surface area contributed by atoms with Crippen molar-refractivity contribution >= 4 is 17.4 Å². The Morgan fingerprint density at radius 2 is 2.03 bits per heavy atom. The van der Waals surface area contributed by atoms with E-state index in [0.29, 0.717) is 30.3 Å². The second kappa shape index (κ2) is 9.20. The summed E-state index contributed by atoms with van der Waals surface area (Å²) in [5, 5.41) is 11.2. The summed E-state index contributed by atoms with van der Waals surface area (Å²) in [4.78, 5) is 27.5. The number of rotatable bonds is 7. The van der Waals surface area contributed by atoms with Crippen molar-refractivity contribution in [2.75, 3.05) is 19.8 Å². The van der Waals surface area contributed by atoms with Gasteiger partial charge < -0.3 is 23.9 Å². The lowest BCUT2D eigenvalue weighted by Crippen LogP contribution is -2.36. The van der Waals surface area contributed by atoms with E-state index in [4.69, 9.17) is 13.9 Å². The van der Waals surface area contributed by atoms with E-state index in [1.165, 1.54) is 4.90 Å². The molecule has 1 amide bonds. The number of furan rings is 1. The molecule has 32 heavy (non-hydrogen) atoms. The average Bonchev–Trinajstić information content (AvgIpc) is 3.50. The summed E-state index contributed by atoms with van der Waals surface area (Å²) in [5.41, 5.74) is 1.32. The maximum atomic E-state index is 13.1. The van der Waals surface area contributed by atoms with E-state index < -0.39 is 17.7 Å². The second-order valence-electron chi connectivity index (χ2n) is 8.36. The number of aryl methyl sites for hydroxylation is 2. The molecule has 2 aromatic rings. The van der Waals surface area contributed by atoms with Crippen molar-refractivity contribution in [2.45, 2.75) is 52.2 Å². The van der Waals surface area contributed by atoms with E-state index in [1.54, 1.807) is 37.3 Å². The van der Waals surface area contributed by atoms with Gasteiger partial charge in [-0.15, -0.1) is 0 Å². The SMILES string of the molecule is CCCOc1ccc(/C(O)=C2/C(=O)C(=O)N(CC3CCCO3)C2c2ccc(C)o2)cc1C. The highest BCUT2D eigenvalue weighted by Gasteiger charge is 2.48. The third-order valence-electron chi connectivity index (χ3n) is 5.90. The summed E-state index contributed by atoms with van der Waals surface area (Å²) in [6.07, 6.45) is 2.50. The first-order chi connectivity index (χ1) is 15.4. The van der Waals surface area contributed by atoms with E-state index in [0.717, 1.165) is 30.6 Å². The fourth-order valence-electron chi connectivity index (χ4n) is 4.30. The first-order valence-electron chi connectivity index (χ1n) is 11.1. The van der Waals surface area contributed by atoms with Crippen LogP contribution in [0.1, 0.15) is 54.9 Å². The molecule has 2 unspecified atom stereocenters. The topological polar surface area (TPSA) is 89.2 Å². The summed E-state index contributed by atoms with van der Waals surface area (Å²) < 4.78 is 17.2. The Kier molecular flexibility index (Phi) is 6.37. The molecule has 7 nitrogen and oxygen atoms in total. The smallest absolute Gasteiger partial charge is 0.295 e. The molecule has 0 spiro atoms. The van der Waals surface area contributed by atoms with Crippen LogP contribution >= 0.6 is 0 Å². The number of aliphatic hydroxyl groups excluding tert-OH is 1. The van der Waals surface area contributed by atoms with Crippen LogP contribution in [0, 0.1) is 13.8 Å². The first kappa shape index (κ1) is 22.1. The second-order valence-corrected chi connectivity index (χ2v) is 8.36. The minimum Gasteiger partial charge on any atom is -0.507 e. The minimum atomic E-state index is -0.802. The summed E-state index contributed by atoms with van der Waals surface area (Å²) >= 11 is 0. The van der Waals surface area contributed by atoms with Crippen LogP contribution in [0.5, 0.6) is 5.75 Å². The number of hydrogen-bond donors (Lipinski definition) is 1. The first-order valence-corrected chi connectivity index (χ1v) is 11.1. The Morgan fingerprint density at radius 3 is 2.66 bits per heavy atom. The molecule has 170 valence electrons. The predicted molar refractivity (Wildman–Crippen MR) is 118 cm³/mol. The standard InChI is InChI=1S/C25H29NO6/c1-4-11-31-19-10-8-17(13-15(19)2)23(27)21-22(20-9-7-16(3)32-20)26(25(29)24(21)28)14-18-6-5-12-30-18/h7-10,13,18,22,27H,4-6,11-12,14H2,1-3H3/b23-21-. The van der Waals surface area contributed by atoms with E-state index in [9.17, 15) is 14.7 Å². The number of ketones is 1. The zero-order valence-corrected chi connectivity index (χ0v) is 18.7. The van der Waals surface area contributed by atoms with E-state index in [-0.39, 0.29) is 24.0 Å². The number of ether oxygens (including phenoxy) is 2. The highest BCUT2D eigenvalue weighted by molar-refractivity contribution is 6.46. The zero-order chi connectivity index (χ0) is 22.8. The lowest BCUT2D eigenvalue weighted by molar-refractivity contribution is -0.141. The monoisotopic (exact) mass is 439 g/mol. The lowest BCUT2D eigenvalue weighted by Gasteiger charge is -2.25. The van der Waals surface area contributed by atoms with Gasteiger partial charge in [0, 0.05) is 18.7 Å². The summed E-state index contributed by atoms with van der Waals surface area (Å²) in [7, 11) is 0. The van der Waals surface area contributed by atoms with Crippen LogP contribution in [0.4, 0.5) is 0 Å². The van der Waals surface area contributed by atoms with Gasteiger partial charge in [0.15, 0.2) is 0 Å². The number of carbonyl (C=O) groups is 2. The lowest BCUT2D eigenvalue weighted by atomic mass is 9.98. The van der Waals surface area contributed by atoms with Gasteiger partial charge in [-0.2, -0.15) is 0 Å². The number of benzene rings is 1. The number of hydrogen-bond acceptors (Lipinski definition) is 6. The maximum absolute atomic E-state index is 13.1. The van der Waals surface area contributed by atoms with Crippen LogP contribution in [0.25, 0.3) is 5.76 Å². The van der Waals surface area contributed by atoms with Crippen LogP contribution in [0.15, 0.2) is 40.3 Å². The molecule has 7 heteroatoms. The molecule has 2 fully saturated rings. The Morgan fingerprint density at radius 1 is 1.22 bits per heavy atom. The highest BCUT2D eigenvalue weighted by atomic mass is 16.5. The molecule has 1 aromatic carbocycles. The largest absolute Gasteiger partial charge is 0.507 e. The molecule has 0 radical (unpaired) electrons. The van der Waals surface area contributed by atoms with Gasteiger partial charge >= 0.3 is 0 Å². The molecule has 2 atom stereocenters. The van der Waals surface area contributed by atoms with E-state index >= 15 is 0 Å². The Balaban J connectivity index is 1.75. The molecule has 2 aliphatic rings. The van der Waals surface area contributed by atoms with Gasteiger partial charge in [-0.3, -0.25) is 9.59 Å². The normalized spacial score (nSPS) is 22.7. The van der Waals surface area contributed by atoms with Crippen LogP contribution in [-0.2, 0) is 14.3 Å². The number of carbonyl (C=O) groups excluding carboxylic acids is 2. The highest BCUT2D eigenvalue weighted by Crippen LogP contribution is 2.41. The number of Topliss-reactive ketones (excluding diaryl/α,β-unsaturated/α-hetero) is 1.